The van der Waals surface area contributed by atoms with Crippen molar-refractivity contribution >= 4 is 67.1 Å². The Hall–Kier alpha value is -2.17. The number of aryl methyl sites for hydroxylation is 2. The Morgan fingerprint density at radius 3 is 2.61 bits per heavy atom. The monoisotopic (exact) mass is 529 g/mol. The van der Waals surface area contributed by atoms with E-state index in [4.69, 9.17) is 21.4 Å². The van der Waals surface area contributed by atoms with Crippen LogP contribution in [0.15, 0.2) is 43.7 Å². The van der Waals surface area contributed by atoms with Gasteiger partial charge in [-0.05, 0) is 77.9 Å². The topological polar surface area (TPSA) is 92.6 Å². The zero-order valence-corrected chi connectivity index (χ0v) is 19.0. The van der Waals surface area contributed by atoms with E-state index in [-0.39, 0.29) is 11.7 Å². The van der Waals surface area contributed by atoms with Crippen molar-refractivity contribution in [2.24, 2.45) is 0 Å². The summed E-state index contributed by atoms with van der Waals surface area (Å²) in [6.07, 6.45) is 2.78. The molecule has 10 heteroatoms. The van der Waals surface area contributed by atoms with E-state index in [0.29, 0.717) is 11.5 Å². The van der Waals surface area contributed by atoms with Gasteiger partial charge in [-0.1, -0.05) is 15.9 Å². The lowest BCUT2D eigenvalue weighted by Crippen LogP contribution is -2.49. The van der Waals surface area contributed by atoms with E-state index in [1.54, 1.807) is 19.1 Å². The number of carbonyl (C=O) groups is 2. The Morgan fingerprint density at radius 1 is 1.21 bits per heavy atom. The van der Waals surface area contributed by atoms with Crippen LogP contribution in [0, 0.1) is 13.8 Å². The third-order valence-electron chi connectivity index (χ3n) is 3.25. The van der Waals surface area contributed by atoms with Crippen molar-refractivity contribution in [2.75, 3.05) is 6.61 Å². The van der Waals surface area contributed by atoms with Crippen molar-refractivity contribution < 1.29 is 18.7 Å². The Morgan fingerprint density at radius 2 is 1.96 bits per heavy atom. The molecule has 148 valence electrons. The maximum absolute atomic E-state index is 11.9. The summed E-state index contributed by atoms with van der Waals surface area (Å²) in [5.74, 6) is 0.922. The highest BCUT2D eigenvalue weighted by atomic mass is 79.9. The Balaban J connectivity index is 1.74. The average Bonchev–Trinajstić information content (AvgIpc) is 3.02. The van der Waals surface area contributed by atoms with Crippen molar-refractivity contribution in [2.45, 2.75) is 13.8 Å². The van der Waals surface area contributed by atoms with Gasteiger partial charge in [0.05, 0.1) is 4.47 Å². The molecule has 0 aliphatic rings. The van der Waals surface area contributed by atoms with Crippen LogP contribution in [0.4, 0.5) is 0 Å². The fraction of sp³-hybridized carbons (Fsp3) is 0.167. The van der Waals surface area contributed by atoms with Crippen LogP contribution < -0.4 is 20.9 Å². The SMILES string of the molecule is Cc1ccc(C=CC(=O)NC(=S)NNC(=O)COc2c(C)cc(Br)cc2Br)o1. The van der Waals surface area contributed by atoms with Gasteiger partial charge in [0, 0.05) is 10.5 Å². The molecule has 1 aromatic carbocycles. The number of furan rings is 1. The molecular formula is C18H17Br2N3O4S. The van der Waals surface area contributed by atoms with Gasteiger partial charge in [-0.2, -0.15) is 0 Å². The molecule has 0 saturated carbocycles. The predicted octanol–water partition coefficient (Wildman–Crippen LogP) is 3.54. The minimum atomic E-state index is -0.466. The average molecular weight is 531 g/mol. The lowest BCUT2D eigenvalue weighted by atomic mass is 10.2. The third-order valence-corrected chi connectivity index (χ3v) is 4.50. The molecule has 0 aliphatic carbocycles. The Labute approximate surface area is 184 Å². The molecule has 0 unspecified atom stereocenters. The number of nitrogens with one attached hydrogen (secondary N) is 3. The summed E-state index contributed by atoms with van der Waals surface area (Å²) >= 11 is 11.7. The standard InChI is InChI=1S/C18H17Br2N3O4S/c1-10-7-12(19)8-14(20)17(10)26-9-16(25)22-23-18(28)21-15(24)6-5-13-4-3-11(2)27-13/h3-8H,9H2,1-2H3,(H,22,25)(H2,21,23,24,28). The van der Waals surface area contributed by atoms with Gasteiger partial charge in [-0.25, -0.2) is 0 Å². The Bertz CT molecular complexity index is 904. The number of thiocarbonyl (C=S) groups is 1. The predicted molar refractivity (Wildman–Crippen MR) is 117 cm³/mol. The fourth-order valence-electron chi connectivity index (χ4n) is 2.06. The van der Waals surface area contributed by atoms with Crippen LogP contribution in [0.3, 0.4) is 0 Å². The molecule has 0 aliphatic heterocycles. The minimum absolute atomic E-state index is 0.0559. The van der Waals surface area contributed by atoms with Gasteiger partial charge in [0.2, 0.25) is 5.91 Å². The summed E-state index contributed by atoms with van der Waals surface area (Å²) in [4.78, 5) is 23.7. The first-order chi connectivity index (χ1) is 13.2. The van der Waals surface area contributed by atoms with Gasteiger partial charge < -0.3 is 9.15 Å². The van der Waals surface area contributed by atoms with Crippen molar-refractivity contribution in [3.8, 4) is 5.75 Å². The molecule has 1 aromatic heterocycles. The second-order valence-electron chi connectivity index (χ2n) is 5.60. The first-order valence-electron chi connectivity index (χ1n) is 7.97. The number of amides is 2. The zero-order valence-electron chi connectivity index (χ0n) is 15.0. The second-order valence-corrected chi connectivity index (χ2v) is 7.77. The molecule has 0 atom stereocenters. The van der Waals surface area contributed by atoms with Gasteiger partial charge in [-0.15, -0.1) is 0 Å². The molecule has 28 heavy (non-hydrogen) atoms. The van der Waals surface area contributed by atoms with Crippen LogP contribution in [0.1, 0.15) is 17.1 Å². The molecule has 2 aromatic rings. The summed E-state index contributed by atoms with van der Waals surface area (Å²) in [5, 5.41) is 2.34. The van der Waals surface area contributed by atoms with Gasteiger partial charge in [-0.3, -0.25) is 25.8 Å². The third kappa shape index (κ3) is 7.10. The highest BCUT2D eigenvalue weighted by Gasteiger charge is 2.10. The number of ether oxygens (including phenoxy) is 1. The van der Waals surface area contributed by atoms with Gasteiger partial charge >= 0.3 is 0 Å². The van der Waals surface area contributed by atoms with Crippen molar-refractivity contribution in [1.82, 2.24) is 16.2 Å². The number of halogens is 2. The number of carbonyl (C=O) groups excluding carboxylic acids is 2. The van der Waals surface area contributed by atoms with Crippen LogP contribution in [0.2, 0.25) is 0 Å². The van der Waals surface area contributed by atoms with Gasteiger partial charge in [0.15, 0.2) is 11.7 Å². The van der Waals surface area contributed by atoms with Crippen molar-refractivity contribution in [1.29, 1.82) is 0 Å². The van der Waals surface area contributed by atoms with E-state index in [0.717, 1.165) is 20.3 Å². The highest BCUT2D eigenvalue weighted by molar-refractivity contribution is 9.11. The lowest BCUT2D eigenvalue weighted by Gasteiger charge is -2.13. The summed E-state index contributed by atoms with van der Waals surface area (Å²) in [7, 11) is 0. The molecule has 0 fully saturated rings. The van der Waals surface area contributed by atoms with Crippen LogP contribution in [0.25, 0.3) is 6.08 Å². The number of hydrogen-bond donors (Lipinski definition) is 3. The second kappa shape index (κ2) is 10.4. The molecule has 0 spiro atoms. The van der Waals surface area contributed by atoms with E-state index in [1.165, 1.54) is 12.2 Å². The van der Waals surface area contributed by atoms with E-state index in [2.05, 4.69) is 48.0 Å². The molecule has 0 radical (unpaired) electrons. The molecule has 2 rings (SSSR count). The molecule has 1 heterocycles. The van der Waals surface area contributed by atoms with Crippen LogP contribution in [-0.2, 0) is 9.59 Å². The van der Waals surface area contributed by atoms with Gasteiger partial charge in [0.1, 0.15) is 17.3 Å². The fourth-order valence-corrected chi connectivity index (χ4v) is 3.76. The number of rotatable bonds is 5. The van der Waals surface area contributed by atoms with Gasteiger partial charge in [0.25, 0.3) is 5.91 Å². The number of hydrazine groups is 1. The molecule has 0 bridgehead atoms. The summed E-state index contributed by atoms with van der Waals surface area (Å²) in [6.45, 7) is 3.44. The first kappa shape index (κ1) is 22.1. The normalized spacial score (nSPS) is 10.6. The number of hydrogen-bond acceptors (Lipinski definition) is 5. The maximum Gasteiger partial charge on any atom is 0.276 e. The summed E-state index contributed by atoms with van der Waals surface area (Å²) < 4.78 is 12.4. The van der Waals surface area contributed by atoms with E-state index in [1.807, 2.05) is 19.1 Å². The molecule has 7 nitrogen and oxygen atoms in total. The van der Waals surface area contributed by atoms with Crippen LogP contribution in [-0.4, -0.2) is 23.5 Å². The first-order valence-corrected chi connectivity index (χ1v) is 9.97. The van der Waals surface area contributed by atoms with Crippen molar-refractivity contribution in [3.63, 3.8) is 0 Å². The van der Waals surface area contributed by atoms with E-state index < -0.39 is 11.8 Å². The highest BCUT2D eigenvalue weighted by Crippen LogP contribution is 2.32. The molecule has 2 amide bonds. The summed E-state index contributed by atoms with van der Waals surface area (Å²) in [6, 6.07) is 7.22. The molecule has 0 saturated heterocycles. The zero-order chi connectivity index (χ0) is 20.7. The van der Waals surface area contributed by atoms with Crippen LogP contribution >= 0.6 is 44.1 Å². The smallest absolute Gasteiger partial charge is 0.276 e. The lowest BCUT2D eigenvalue weighted by molar-refractivity contribution is -0.123. The van der Waals surface area contributed by atoms with Crippen LogP contribution in [0.5, 0.6) is 5.75 Å². The minimum Gasteiger partial charge on any atom is -0.482 e. The number of benzene rings is 1. The summed E-state index contributed by atoms with van der Waals surface area (Å²) in [5.41, 5.74) is 5.65. The van der Waals surface area contributed by atoms with E-state index in [9.17, 15) is 9.59 Å². The maximum atomic E-state index is 11.9. The Kier molecular flexibility index (Phi) is 8.21. The van der Waals surface area contributed by atoms with Crippen molar-refractivity contribution in [3.05, 3.63) is 56.4 Å². The molecule has 3 N–H and O–H groups in total. The van der Waals surface area contributed by atoms with E-state index >= 15 is 0 Å². The quantitative estimate of drug-likeness (QED) is 0.311. The largest absolute Gasteiger partial charge is 0.482 e. The molecular weight excluding hydrogens is 514 g/mol.